The number of hydrogen-bond donors (Lipinski definition) is 0. The van der Waals surface area contributed by atoms with Crippen molar-refractivity contribution in [1.29, 1.82) is 0 Å². The van der Waals surface area contributed by atoms with Gasteiger partial charge in [-0.05, 0) is 49.4 Å². The standard InChI is InChI=1S/C19H30N2O3/c1-24-12-11-21-14-18(6-3-16(21)22)7-9-20(10-8-18)17(23)15-13-19(15)4-2-5-19/h15H,2-14H2,1H3/t15-/m1/s1. The molecule has 4 rings (SSSR count). The molecular formula is C19H30N2O3. The van der Waals surface area contributed by atoms with Crippen LogP contribution in [0.25, 0.3) is 0 Å². The zero-order valence-corrected chi connectivity index (χ0v) is 14.9. The summed E-state index contributed by atoms with van der Waals surface area (Å²) in [5.41, 5.74) is 0.663. The molecule has 4 aliphatic rings. The van der Waals surface area contributed by atoms with Crippen molar-refractivity contribution in [2.45, 2.75) is 51.4 Å². The predicted molar refractivity (Wildman–Crippen MR) is 90.3 cm³/mol. The van der Waals surface area contributed by atoms with Gasteiger partial charge in [-0.1, -0.05) is 6.42 Å². The maximum absolute atomic E-state index is 12.7. The van der Waals surface area contributed by atoms with Gasteiger partial charge in [-0.3, -0.25) is 9.59 Å². The van der Waals surface area contributed by atoms with E-state index >= 15 is 0 Å². The number of ether oxygens (including phenoxy) is 1. The van der Waals surface area contributed by atoms with Crippen molar-refractivity contribution < 1.29 is 14.3 Å². The van der Waals surface area contributed by atoms with E-state index in [0.29, 0.717) is 36.8 Å². The summed E-state index contributed by atoms with van der Waals surface area (Å²) in [5, 5.41) is 0. The molecule has 2 aliphatic carbocycles. The summed E-state index contributed by atoms with van der Waals surface area (Å²) in [4.78, 5) is 29.0. The summed E-state index contributed by atoms with van der Waals surface area (Å²) in [5.74, 6) is 1.03. The largest absolute Gasteiger partial charge is 0.383 e. The number of amides is 2. The lowest BCUT2D eigenvalue weighted by Gasteiger charge is -2.47. The van der Waals surface area contributed by atoms with Crippen LogP contribution in [-0.4, -0.2) is 61.5 Å². The van der Waals surface area contributed by atoms with Crippen LogP contribution in [0.15, 0.2) is 0 Å². The monoisotopic (exact) mass is 334 g/mol. The van der Waals surface area contributed by atoms with Gasteiger partial charge in [0.25, 0.3) is 0 Å². The Morgan fingerprint density at radius 3 is 2.54 bits per heavy atom. The van der Waals surface area contributed by atoms with Gasteiger partial charge < -0.3 is 14.5 Å². The Hall–Kier alpha value is -1.10. The smallest absolute Gasteiger partial charge is 0.226 e. The van der Waals surface area contributed by atoms with E-state index in [1.54, 1.807) is 7.11 Å². The minimum atomic E-state index is 0.232. The number of carbonyl (C=O) groups is 2. The Kier molecular flexibility index (Phi) is 4.10. The fraction of sp³-hybridized carbons (Fsp3) is 0.895. The van der Waals surface area contributed by atoms with Gasteiger partial charge >= 0.3 is 0 Å². The van der Waals surface area contributed by atoms with Gasteiger partial charge in [0.15, 0.2) is 0 Å². The van der Waals surface area contributed by atoms with Gasteiger partial charge in [0.05, 0.1) is 6.61 Å². The van der Waals surface area contributed by atoms with Crippen molar-refractivity contribution in [3.63, 3.8) is 0 Å². The van der Waals surface area contributed by atoms with Gasteiger partial charge in [-0.15, -0.1) is 0 Å². The van der Waals surface area contributed by atoms with Gasteiger partial charge in [0.1, 0.15) is 0 Å². The van der Waals surface area contributed by atoms with Crippen LogP contribution in [0, 0.1) is 16.7 Å². The number of piperidine rings is 2. The van der Waals surface area contributed by atoms with Gasteiger partial charge in [-0.25, -0.2) is 0 Å². The van der Waals surface area contributed by atoms with Crippen LogP contribution in [0.2, 0.25) is 0 Å². The molecule has 134 valence electrons. The highest BCUT2D eigenvalue weighted by Gasteiger charge is 2.61. The molecule has 5 heteroatoms. The molecule has 0 bridgehead atoms. The molecule has 0 aromatic carbocycles. The first-order valence-electron chi connectivity index (χ1n) is 9.63. The number of methoxy groups -OCH3 is 1. The van der Waals surface area contributed by atoms with Gasteiger partial charge in [0, 0.05) is 45.6 Å². The Bertz CT molecular complexity index is 521. The molecule has 24 heavy (non-hydrogen) atoms. The molecule has 2 spiro atoms. The van der Waals surface area contributed by atoms with Crippen molar-refractivity contribution in [2.24, 2.45) is 16.7 Å². The molecule has 2 saturated heterocycles. The third-order valence-electron chi connectivity index (χ3n) is 7.29. The topological polar surface area (TPSA) is 49.9 Å². The van der Waals surface area contributed by atoms with Crippen LogP contribution >= 0.6 is 0 Å². The van der Waals surface area contributed by atoms with Crippen LogP contribution in [0.4, 0.5) is 0 Å². The Labute approximate surface area is 144 Å². The highest BCUT2D eigenvalue weighted by atomic mass is 16.5. The molecule has 0 radical (unpaired) electrons. The summed E-state index contributed by atoms with van der Waals surface area (Å²) in [6.45, 7) is 3.93. The Morgan fingerprint density at radius 2 is 1.96 bits per heavy atom. The minimum Gasteiger partial charge on any atom is -0.383 e. The van der Waals surface area contributed by atoms with E-state index < -0.39 is 0 Å². The van der Waals surface area contributed by atoms with E-state index in [1.807, 2.05) is 4.90 Å². The molecule has 2 saturated carbocycles. The van der Waals surface area contributed by atoms with E-state index in [0.717, 1.165) is 45.3 Å². The average Bonchev–Trinajstić information content (AvgIpc) is 3.32. The summed E-state index contributed by atoms with van der Waals surface area (Å²) >= 11 is 0. The summed E-state index contributed by atoms with van der Waals surface area (Å²) < 4.78 is 5.14. The molecule has 2 aliphatic heterocycles. The highest BCUT2D eigenvalue weighted by molar-refractivity contribution is 5.83. The van der Waals surface area contributed by atoms with E-state index in [1.165, 1.54) is 19.3 Å². The molecule has 5 nitrogen and oxygen atoms in total. The highest BCUT2D eigenvalue weighted by Crippen LogP contribution is 2.66. The minimum absolute atomic E-state index is 0.232. The lowest BCUT2D eigenvalue weighted by atomic mass is 9.72. The SMILES string of the molecule is COCCN1CC2(CCC1=O)CCN(C(=O)[C@H]1CC13CCC3)CC2. The summed E-state index contributed by atoms with van der Waals surface area (Å²) in [7, 11) is 1.68. The van der Waals surface area contributed by atoms with Crippen molar-refractivity contribution in [2.75, 3.05) is 39.9 Å². The van der Waals surface area contributed by atoms with Crippen molar-refractivity contribution in [1.82, 2.24) is 9.80 Å². The first kappa shape index (κ1) is 16.4. The van der Waals surface area contributed by atoms with E-state index in [9.17, 15) is 9.59 Å². The normalized spacial score (nSPS) is 30.5. The molecule has 0 aromatic heterocycles. The molecule has 0 aromatic rings. The van der Waals surface area contributed by atoms with Crippen LogP contribution < -0.4 is 0 Å². The number of rotatable bonds is 4. The molecule has 0 unspecified atom stereocenters. The van der Waals surface area contributed by atoms with E-state index in [2.05, 4.69) is 4.90 Å². The lowest BCUT2D eigenvalue weighted by Crippen LogP contribution is -2.53. The van der Waals surface area contributed by atoms with E-state index in [4.69, 9.17) is 4.74 Å². The van der Waals surface area contributed by atoms with E-state index in [-0.39, 0.29) is 11.3 Å². The van der Waals surface area contributed by atoms with Crippen molar-refractivity contribution in [3.8, 4) is 0 Å². The second-order valence-corrected chi connectivity index (χ2v) is 8.61. The zero-order valence-electron chi connectivity index (χ0n) is 14.9. The first-order valence-corrected chi connectivity index (χ1v) is 9.63. The van der Waals surface area contributed by atoms with Crippen LogP contribution in [0.1, 0.15) is 51.4 Å². The van der Waals surface area contributed by atoms with Crippen LogP contribution in [-0.2, 0) is 14.3 Å². The Morgan fingerprint density at radius 1 is 1.21 bits per heavy atom. The fourth-order valence-corrected chi connectivity index (χ4v) is 5.22. The number of hydrogen-bond acceptors (Lipinski definition) is 3. The predicted octanol–water partition coefficient (Wildman–Crippen LogP) is 2.05. The first-order chi connectivity index (χ1) is 11.6. The summed E-state index contributed by atoms with van der Waals surface area (Å²) in [6, 6.07) is 0. The number of likely N-dealkylation sites (tertiary alicyclic amines) is 2. The molecule has 0 N–H and O–H groups in total. The average molecular weight is 334 g/mol. The van der Waals surface area contributed by atoms with Crippen LogP contribution in [0.3, 0.4) is 0 Å². The molecular weight excluding hydrogens is 304 g/mol. The maximum Gasteiger partial charge on any atom is 0.226 e. The van der Waals surface area contributed by atoms with Crippen molar-refractivity contribution >= 4 is 11.8 Å². The van der Waals surface area contributed by atoms with Crippen molar-refractivity contribution in [3.05, 3.63) is 0 Å². The number of carbonyl (C=O) groups excluding carboxylic acids is 2. The second kappa shape index (κ2) is 6.01. The van der Waals surface area contributed by atoms with Gasteiger partial charge in [0.2, 0.25) is 11.8 Å². The second-order valence-electron chi connectivity index (χ2n) is 8.61. The molecule has 2 amide bonds. The maximum atomic E-state index is 12.7. The van der Waals surface area contributed by atoms with Gasteiger partial charge in [-0.2, -0.15) is 0 Å². The lowest BCUT2D eigenvalue weighted by molar-refractivity contribution is -0.144. The number of nitrogens with zero attached hydrogens (tertiary/aromatic N) is 2. The quantitative estimate of drug-likeness (QED) is 0.791. The third-order valence-corrected chi connectivity index (χ3v) is 7.29. The fourth-order valence-electron chi connectivity index (χ4n) is 5.22. The molecule has 1 atom stereocenters. The van der Waals surface area contributed by atoms with Crippen LogP contribution in [0.5, 0.6) is 0 Å². The third kappa shape index (κ3) is 2.75. The Balaban J connectivity index is 1.32. The zero-order chi connectivity index (χ0) is 16.8. The summed E-state index contributed by atoms with van der Waals surface area (Å²) in [6.07, 6.45) is 8.76. The molecule has 2 heterocycles. The molecule has 4 fully saturated rings.